The lowest BCUT2D eigenvalue weighted by Crippen LogP contribution is -2.43. The molecule has 0 bridgehead atoms. The molecule has 2 aromatic carbocycles. The number of nitriles is 1. The number of carboxylic acid groups (broad SMARTS) is 1. The van der Waals surface area contributed by atoms with E-state index < -0.39 is 18.1 Å². The van der Waals surface area contributed by atoms with Crippen molar-refractivity contribution >= 4 is 12.1 Å². The minimum absolute atomic E-state index is 0.0861. The van der Waals surface area contributed by atoms with Crippen LogP contribution in [0.3, 0.4) is 0 Å². The molecule has 0 aliphatic carbocycles. The molecule has 1 unspecified atom stereocenters. The van der Waals surface area contributed by atoms with Crippen molar-refractivity contribution in [3.63, 3.8) is 0 Å². The van der Waals surface area contributed by atoms with Gasteiger partial charge >= 0.3 is 12.1 Å². The van der Waals surface area contributed by atoms with Gasteiger partial charge in [-0.2, -0.15) is 5.26 Å². The molecule has 1 N–H and O–H groups in total. The number of hydrogen-bond acceptors (Lipinski definition) is 4. The quantitative estimate of drug-likeness (QED) is 0.930. The number of nitrogens with zero attached hydrogens (tertiary/aromatic N) is 2. The fraction of sp³-hybridized carbons (Fsp3) is 0.211. The van der Waals surface area contributed by atoms with Crippen LogP contribution < -0.4 is 0 Å². The maximum absolute atomic E-state index is 12.4. The van der Waals surface area contributed by atoms with Gasteiger partial charge in [0.2, 0.25) is 0 Å². The van der Waals surface area contributed by atoms with Gasteiger partial charge in [-0.1, -0.05) is 36.4 Å². The van der Waals surface area contributed by atoms with Crippen molar-refractivity contribution in [1.82, 2.24) is 4.90 Å². The lowest BCUT2D eigenvalue weighted by molar-refractivity contribution is -0.143. The molecule has 0 radical (unpaired) electrons. The van der Waals surface area contributed by atoms with Crippen LogP contribution in [0.4, 0.5) is 4.79 Å². The smallest absolute Gasteiger partial charge is 0.411 e. The number of carbonyl (C=O) groups is 2. The molecule has 1 aliphatic heterocycles. The molecule has 0 saturated carbocycles. The first-order chi connectivity index (χ1) is 12.1. The number of carbonyl (C=O) groups excluding carboxylic acids is 1. The molecule has 1 atom stereocenters. The van der Waals surface area contributed by atoms with E-state index in [0.29, 0.717) is 17.5 Å². The Balaban J connectivity index is 1.80. The molecule has 1 amide bonds. The third kappa shape index (κ3) is 3.45. The van der Waals surface area contributed by atoms with E-state index in [1.807, 2.05) is 36.4 Å². The second-order valence-corrected chi connectivity index (χ2v) is 5.75. The van der Waals surface area contributed by atoms with E-state index >= 15 is 0 Å². The molecule has 1 aliphatic rings. The number of ether oxygens (including phenoxy) is 1. The van der Waals surface area contributed by atoms with Gasteiger partial charge in [-0.05, 0) is 35.2 Å². The average molecular weight is 336 g/mol. The Morgan fingerprint density at radius 3 is 2.68 bits per heavy atom. The van der Waals surface area contributed by atoms with Crippen LogP contribution in [0, 0.1) is 11.3 Å². The van der Waals surface area contributed by atoms with Gasteiger partial charge in [0.05, 0.1) is 11.6 Å². The van der Waals surface area contributed by atoms with Crippen LogP contribution in [0.25, 0.3) is 0 Å². The third-order valence-corrected chi connectivity index (χ3v) is 4.17. The minimum atomic E-state index is -1.12. The van der Waals surface area contributed by atoms with Crippen molar-refractivity contribution in [1.29, 1.82) is 5.26 Å². The highest BCUT2D eigenvalue weighted by molar-refractivity contribution is 5.82. The zero-order chi connectivity index (χ0) is 17.8. The van der Waals surface area contributed by atoms with Crippen LogP contribution in [0.2, 0.25) is 0 Å². The summed E-state index contributed by atoms with van der Waals surface area (Å²) in [4.78, 5) is 25.4. The van der Waals surface area contributed by atoms with Crippen molar-refractivity contribution in [2.75, 3.05) is 6.54 Å². The second-order valence-electron chi connectivity index (χ2n) is 5.75. The van der Waals surface area contributed by atoms with Gasteiger partial charge in [0.25, 0.3) is 0 Å². The molecule has 6 heteroatoms. The number of amides is 1. The zero-order valence-electron chi connectivity index (χ0n) is 13.4. The summed E-state index contributed by atoms with van der Waals surface area (Å²) in [5, 5.41) is 18.6. The first-order valence-corrected chi connectivity index (χ1v) is 7.83. The van der Waals surface area contributed by atoms with Crippen LogP contribution in [-0.2, 0) is 22.6 Å². The molecule has 2 aromatic rings. The summed E-state index contributed by atoms with van der Waals surface area (Å²) in [6, 6.07) is 15.0. The molecule has 6 nitrogen and oxygen atoms in total. The van der Waals surface area contributed by atoms with E-state index in [2.05, 4.69) is 0 Å². The van der Waals surface area contributed by atoms with E-state index in [9.17, 15) is 14.7 Å². The first kappa shape index (κ1) is 16.5. The van der Waals surface area contributed by atoms with Gasteiger partial charge < -0.3 is 9.84 Å². The number of rotatable bonds is 3. The SMILES string of the molecule is N#Cc1ccc2c(c1)CCN(C(=O)OCc1ccccc1)C2C(=O)O. The van der Waals surface area contributed by atoms with Gasteiger partial charge in [0.15, 0.2) is 6.04 Å². The molecule has 25 heavy (non-hydrogen) atoms. The fourth-order valence-corrected chi connectivity index (χ4v) is 2.96. The summed E-state index contributed by atoms with van der Waals surface area (Å²) >= 11 is 0. The van der Waals surface area contributed by atoms with Crippen LogP contribution >= 0.6 is 0 Å². The summed E-state index contributed by atoms with van der Waals surface area (Å²) in [6.07, 6.45) is -0.180. The van der Waals surface area contributed by atoms with Crippen molar-refractivity contribution < 1.29 is 19.4 Å². The summed E-state index contributed by atoms with van der Waals surface area (Å²) in [5.74, 6) is -1.12. The Labute approximate surface area is 144 Å². The summed E-state index contributed by atoms with van der Waals surface area (Å²) < 4.78 is 5.28. The number of carboxylic acids is 1. The maximum Gasteiger partial charge on any atom is 0.411 e. The van der Waals surface area contributed by atoms with E-state index in [1.165, 1.54) is 4.90 Å². The van der Waals surface area contributed by atoms with Crippen molar-refractivity contribution in [2.24, 2.45) is 0 Å². The second kappa shape index (κ2) is 7.05. The molecule has 0 aromatic heterocycles. The Morgan fingerprint density at radius 1 is 1.24 bits per heavy atom. The largest absolute Gasteiger partial charge is 0.479 e. The highest BCUT2D eigenvalue weighted by atomic mass is 16.6. The monoisotopic (exact) mass is 336 g/mol. The predicted molar refractivity (Wildman–Crippen MR) is 88.6 cm³/mol. The highest BCUT2D eigenvalue weighted by Gasteiger charge is 2.36. The molecule has 0 saturated heterocycles. The lowest BCUT2D eigenvalue weighted by atomic mass is 9.91. The number of hydrogen-bond donors (Lipinski definition) is 1. The van der Waals surface area contributed by atoms with Gasteiger partial charge in [0, 0.05) is 6.54 Å². The van der Waals surface area contributed by atoms with Crippen LogP contribution in [0.1, 0.15) is 28.3 Å². The molecular weight excluding hydrogens is 320 g/mol. The average Bonchev–Trinajstić information content (AvgIpc) is 2.65. The van der Waals surface area contributed by atoms with Crippen molar-refractivity contribution in [3.05, 3.63) is 70.8 Å². The van der Waals surface area contributed by atoms with Gasteiger partial charge in [-0.15, -0.1) is 0 Å². The standard InChI is InChI=1S/C19H16N2O4/c20-11-14-6-7-16-15(10-14)8-9-21(17(16)18(22)23)19(24)25-12-13-4-2-1-3-5-13/h1-7,10,17H,8-9,12H2,(H,22,23). The third-order valence-electron chi connectivity index (χ3n) is 4.17. The Kier molecular flexibility index (Phi) is 4.66. The predicted octanol–water partition coefficient (Wildman–Crippen LogP) is 2.88. The Hall–Kier alpha value is -3.33. The topological polar surface area (TPSA) is 90.6 Å². The van der Waals surface area contributed by atoms with E-state index in [0.717, 1.165) is 11.1 Å². The zero-order valence-corrected chi connectivity index (χ0v) is 13.4. The highest BCUT2D eigenvalue weighted by Crippen LogP contribution is 2.31. The fourth-order valence-electron chi connectivity index (χ4n) is 2.96. The summed E-state index contributed by atoms with van der Waals surface area (Å²) in [7, 11) is 0. The van der Waals surface area contributed by atoms with E-state index in [1.54, 1.807) is 18.2 Å². The lowest BCUT2D eigenvalue weighted by Gasteiger charge is -2.34. The summed E-state index contributed by atoms with van der Waals surface area (Å²) in [6.45, 7) is 0.315. The van der Waals surface area contributed by atoms with Gasteiger partial charge in [-0.3, -0.25) is 4.90 Å². The Morgan fingerprint density at radius 2 is 2.00 bits per heavy atom. The molecule has 1 heterocycles. The van der Waals surface area contributed by atoms with Crippen molar-refractivity contribution in [2.45, 2.75) is 19.1 Å². The maximum atomic E-state index is 12.4. The van der Waals surface area contributed by atoms with E-state index in [-0.39, 0.29) is 13.2 Å². The Bertz CT molecular complexity index is 842. The van der Waals surface area contributed by atoms with E-state index in [4.69, 9.17) is 10.00 Å². The van der Waals surface area contributed by atoms with Crippen molar-refractivity contribution in [3.8, 4) is 6.07 Å². The number of benzene rings is 2. The van der Waals surface area contributed by atoms with Gasteiger partial charge in [0.1, 0.15) is 6.61 Å². The first-order valence-electron chi connectivity index (χ1n) is 7.83. The molecule has 3 rings (SSSR count). The van der Waals surface area contributed by atoms with Gasteiger partial charge in [-0.25, -0.2) is 9.59 Å². The molecule has 126 valence electrons. The molecule has 0 fully saturated rings. The summed E-state index contributed by atoms with van der Waals surface area (Å²) in [5.41, 5.74) is 2.61. The normalized spacial score (nSPS) is 15.8. The van der Waals surface area contributed by atoms with Crippen LogP contribution in [0.5, 0.6) is 0 Å². The van der Waals surface area contributed by atoms with Crippen LogP contribution in [0.15, 0.2) is 48.5 Å². The molecule has 0 spiro atoms. The molecular formula is C19H16N2O4. The number of aliphatic carboxylic acids is 1. The van der Waals surface area contributed by atoms with Crippen LogP contribution in [-0.4, -0.2) is 28.6 Å². The minimum Gasteiger partial charge on any atom is -0.479 e. The number of fused-ring (bicyclic) bond motifs is 1.